The minimum Gasteiger partial charge on any atom is -0.374 e. The Balaban J connectivity index is 1.92. The predicted octanol–water partition coefficient (Wildman–Crippen LogP) is 4.26. The maximum absolute atomic E-state index is 13.9. The largest absolute Gasteiger partial charge is 0.435 e. The Hall–Kier alpha value is -2.36. The number of aromatic nitrogens is 1. The van der Waals surface area contributed by atoms with Crippen LogP contribution >= 0.6 is 23.2 Å². The van der Waals surface area contributed by atoms with E-state index in [1.807, 2.05) is 0 Å². The highest BCUT2D eigenvalue weighted by atomic mass is 35.5. The highest BCUT2D eigenvalue weighted by Gasteiger charge is 2.62. The number of amides is 1. The second-order valence-electron chi connectivity index (χ2n) is 5.86. The number of halogens is 5. The summed E-state index contributed by atoms with van der Waals surface area (Å²) >= 11 is 11.7. The molecule has 0 saturated carbocycles. The Morgan fingerprint density at radius 1 is 1.25 bits per heavy atom. The Labute approximate surface area is 167 Å². The van der Waals surface area contributed by atoms with Gasteiger partial charge in [0, 0.05) is 27.4 Å². The van der Waals surface area contributed by atoms with E-state index in [1.54, 1.807) is 0 Å². The first-order valence-corrected chi connectivity index (χ1v) is 8.50. The van der Waals surface area contributed by atoms with Gasteiger partial charge in [0.15, 0.2) is 0 Å². The summed E-state index contributed by atoms with van der Waals surface area (Å²) in [7, 11) is 1.26. The minimum absolute atomic E-state index is 0.0135. The Morgan fingerprint density at radius 3 is 2.46 bits per heavy atom. The molecule has 1 amide bonds. The lowest BCUT2D eigenvalue weighted by Gasteiger charge is -2.29. The highest BCUT2D eigenvalue weighted by molar-refractivity contribution is 6.34. The number of carbonyl (C=O) groups is 1. The van der Waals surface area contributed by atoms with Gasteiger partial charge in [-0.2, -0.15) is 13.2 Å². The average molecular weight is 434 g/mol. The van der Waals surface area contributed by atoms with Crippen molar-refractivity contribution >= 4 is 34.8 Å². The number of nitrogens with zero attached hydrogens (tertiary/aromatic N) is 2. The average Bonchev–Trinajstić information content (AvgIpc) is 3.08. The highest BCUT2D eigenvalue weighted by Crippen LogP contribution is 2.49. The van der Waals surface area contributed by atoms with E-state index in [0.29, 0.717) is 0 Å². The van der Waals surface area contributed by atoms with Gasteiger partial charge in [-0.25, -0.2) is 5.48 Å². The van der Waals surface area contributed by atoms with Gasteiger partial charge in [-0.05, 0) is 30.3 Å². The van der Waals surface area contributed by atoms with E-state index < -0.39 is 24.1 Å². The molecule has 1 aromatic carbocycles. The molecule has 11 heteroatoms. The third kappa shape index (κ3) is 3.78. The summed E-state index contributed by atoms with van der Waals surface area (Å²) in [6.45, 7) is 0. The van der Waals surface area contributed by atoms with E-state index in [-0.39, 0.29) is 32.6 Å². The number of alkyl halides is 3. The van der Waals surface area contributed by atoms with Crippen molar-refractivity contribution in [2.45, 2.75) is 18.2 Å². The van der Waals surface area contributed by atoms with Crippen LogP contribution in [0.1, 0.15) is 28.0 Å². The molecule has 1 atom stereocenters. The molecule has 2 aromatic rings. The topological polar surface area (TPSA) is 72.8 Å². The zero-order valence-electron chi connectivity index (χ0n) is 14.2. The fraction of sp³-hybridized carbons (Fsp3) is 0.235. The summed E-state index contributed by atoms with van der Waals surface area (Å²) in [4.78, 5) is 24.9. The first-order valence-electron chi connectivity index (χ1n) is 7.74. The molecular formula is C17H12Cl2F3N3O3. The molecule has 3 rings (SSSR count). The van der Waals surface area contributed by atoms with E-state index in [0.717, 1.165) is 12.1 Å². The van der Waals surface area contributed by atoms with Crippen molar-refractivity contribution in [3.63, 3.8) is 0 Å². The Morgan fingerprint density at radius 2 is 1.93 bits per heavy atom. The van der Waals surface area contributed by atoms with Gasteiger partial charge in [-0.3, -0.25) is 14.6 Å². The number of hydrogen-bond acceptors (Lipinski definition) is 5. The zero-order chi connectivity index (χ0) is 20.5. The molecule has 1 aromatic heterocycles. The van der Waals surface area contributed by atoms with Crippen molar-refractivity contribution in [3.05, 3.63) is 63.4 Å². The number of pyridine rings is 1. The normalized spacial score (nSPS) is 19.1. The molecule has 28 heavy (non-hydrogen) atoms. The second-order valence-corrected chi connectivity index (χ2v) is 6.73. The van der Waals surface area contributed by atoms with E-state index in [2.05, 4.69) is 20.5 Å². The van der Waals surface area contributed by atoms with Crippen molar-refractivity contribution in [1.29, 1.82) is 0 Å². The van der Waals surface area contributed by atoms with Gasteiger partial charge in [0.05, 0.1) is 19.2 Å². The van der Waals surface area contributed by atoms with Gasteiger partial charge >= 0.3 is 6.18 Å². The first kappa shape index (κ1) is 20.4. The maximum Gasteiger partial charge on any atom is 0.435 e. The standard InChI is InChI=1S/C17H12Cl2F3N3O3/c1-27-25-15(26)13-3-2-9(8-23-13)14-7-16(28-24-14,17(20,21)22)10-4-11(18)6-12(19)5-10/h2-6,8H,7H2,1H3,(H,25,26). The lowest BCUT2D eigenvalue weighted by Crippen LogP contribution is -2.42. The van der Waals surface area contributed by atoms with E-state index in [4.69, 9.17) is 28.0 Å². The number of nitrogens with one attached hydrogen (secondary N) is 1. The van der Waals surface area contributed by atoms with Crippen molar-refractivity contribution in [1.82, 2.24) is 10.5 Å². The lowest BCUT2D eigenvalue weighted by atomic mass is 9.87. The van der Waals surface area contributed by atoms with Gasteiger partial charge in [0.2, 0.25) is 0 Å². The van der Waals surface area contributed by atoms with Crippen LogP contribution in [-0.4, -0.2) is 29.9 Å². The SMILES string of the molecule is CONC(=O)c1ccc(C2=NOC(c3cc(Cl)cc(Cl)c3)(C(F)(F)F)C2)cn1. The lowest BCUT2D eigenvalue weighted by molar-refractivity contribution is -0.275. The van der Waals surface area contributed by atoms with Crippen molar-refractivity contribution < 1.29 is 27.6 Å². The van der Waals surface area contributed by atoms with Gasteiger partial charge in [-0.1, -0.05) is 28.4 Å². The smallest absolute Gasteiger partial charge is 0.374 e. The summed E-state index contributed by atoms with van der Waals surface area (Å²) in [6.07, 6.45) is -4.18. The molecule has 1 aliphatic rings. The zero-order valence-corrected chi connectivity index (χ0v) is 15.7. The van der Waals surface area contributed by atoms with Crippen LogP contribution in [0.2, 0.25) is 10.0 Å². The summed E-state index contributed by atoms with van der Waals surface area (Å²) in [5.74, 6) is -0.600. The molecular weight excluding hydrogens is 422 g/mol. The number of hydrogen-bond donors (Lipinski definition) is 1. The monoisotopic (exact) mass is 433 g/mol. The molecule has 1 unspecified atom stereocenters. The molecule has 1 N–H and O–H groups in total. The Bertz CT molecular complexity index is 915. The molecule has 0 bridgehead atoms. The molecule has 0 spiro atoms. The van der Waals surface area contributed by atoms with Crippen LogP contribution in [0.4, 0.5) is 13.2 Å². The van der Waals surface area contributed by atoms with Gasteiger partial charge < -0.3 is 4.84 Å². The third-order valence-corrected chi connectivity index (χ3v) is 4.48. The van der Waals surface area contributed by atoms with E-state index >= 15 is 0 Å². The van der Waals surface area contributed by atoms with Gasteiger partial charge in [-0.15, -0.1) is 0 Å². The maximum atomic E-state index is 13.9. The Kier molecular flexibility index (Phi) is 5.51. The fourth-order valence-corrected chi connectivity index (χ4v) is 3.22. The van der Waals surface area contributed by atoms with Crippen LogP contribution in [0.15, 0.2) is 41.7 Å². The molecule has 0 saturated heterocycles. The summed E-state index contributed by atoms with van der Waals surface area (Å²) in [6, 6.07) is 6.33. The van der Waals surface area contributed by atoms with Crippen LogP contribution in [0.5, 0.6) is 0 Å². The molecule has 2 heterocycles. The van der Waals surface area contributed by atoms with Crippen molar-refractivity contribution in [2.75, 3.05) is 7.11 Å². The van der Waals surface area contributed by atoms with Crippen LogP contribution in [0.3, 0.4) is 0 Å². The minimum atomic E-state index is -4.79. The number of carbonyl (C=O) groups excluding carboxylic acids is 1. The summed E-state index contributed by atoms with van der Waals surface area (Å²) < 4.78 is 41.8. The number of oxime groups is 1. The van der Waals surface area contributed by atoms with Crippen LogP contribution in [-0.2, 0) is 15.3 Å². The van der Waals surface area contributed by atoms with Gasteiger partial charge in [0.1, 0.15) is 5.69 Å². The quantitative estimate of drug-likeness (QED) is 0.731. The van der Waals surface area contributed by atoms with Crippen molar-refractivity contribution in [2.24, 2.45) is 5.16 Å². The molecule has 0 fully saturated rings. The summed E-state index contributed by atoms with van der Waals surface area (Å²) in [5, 5.41) is 3.70. The van der Waals surface area contributed by atoms with Crippen molar-refractivity contribution in [3.8, 4) is 0 Å². The number of benzene rings is 1. The molecule has 6 nitrogen and oxygen atoms in total. The molecule has 0 aliphatic carbocycles. The summed E-state index contributed by atoms with van der Waals surface area (Å²) in [5.41, 5.74) is -0.604. The van der Waals surface area contributed by atoms with Crippen LogP contribution < -0.4 is 5.48 Å². The van der Waals surface area contributed by atoms with Crippen LogP contribution in [0, 0.1) is 0 Å². The molecule has 0 radical (unpaired) electrons. The van der Waals surface area contributed by atoms with Gasteiger partial charge in [0.25, 0.3) is 11.5 Å². The van der Waals surface area contributed by atoms with E-state index in [1.165, 1.54) is 31.5 Å². The molecule has 1 aliphatic heterocycles. The van der Waals surface area contributed by atoms with Crippen LogP contribution in [0.25, 0.3) is 0 Å². The first-order chi connectivity index (χ1) is 13.2. The fourth-order valence-electron chi connectivity index (χ4n) is 2.69. The molecule has 148 valence electrons. The third-order valence-electron chi connectivity index (χ3n) is 4.04. The van der Waals surface area contributed by atoms with E-state index in [9.17, 15) is 18.0 Å². The number of hydroxylamine groups is 1. The number of rotatable bonds is 4. The second kappa shape index (κ2) is 7.57. The predicted molar refractivity (Wildman–Crippen MR) is 95.1 cm³/mol.